The van der Waals surface area contributed by atoms with E-state index in [0.29, 0.717) is 22.8 Å². The third kappa shape index (κ3) is 3.06. The fraction of sp³-hybridized carbons (Fsp3) is 0.0667. The zero-order valence-corrected chi connectivity index (χ0v) is 11.8. The van der Waals surface area contributed by atoms with Crippen LogP contribution >= 0.6 is 0 Å². The maximum Gasteiger partial charge on any atom is 0.269 e. The molecule has 1 unspecified atom stereocenters. The van der Waals surface area contributed by atoms with E-state index in [1.165, 1.54) is 24.3 Å². The Morgan fingerprint density at radius 2 is 1.78 bits per heavy atom. The molecule has 7 nitrogen and oxygen atoms in total. The normalized spacial score (nSPS) is 12.1. The largest absolute Gasteiger partial charge is 0.318 e. The molecule has 23 heavy (non-hydrogen) atoms. The van der Waals surface area contributed by atoms with Crippen molar-refractivity contribution in [1.29, 1.82) is 0 Å². The number of rotatable bonds is 4. The van der Waals surface area contributed by atoms with E-state index in [0.717, 1.165) is 0 Å². The number of nitrogens with two attached hydrogens (primary N) is 1. The lowest BCUT2D eigenvalue weighted by atomic mass is 10.1. The summed E-state index contributed by atoms with van der Waals surface area (Å²) in [4.78, 5) is 14.5. The number of nitro benzene ring substituents is 1. The molecule has 0 bridgehead atoms. The van der Waals surface area contributed by atoms with E-state index in [-0.39, 0.29) is 11.5 Å². The monoisotopic (exact) mass is 313 g/mol. The van der Waals surface area contributed by atoms with Crippen LogP contribution in [0.2, 0.25) is 0 Å². The van der Waals surface area contributed by atoms with Gasteiger partial charge in [-0.25, -0.2) is 9.37 Å². The molecule has 3 rings (SSSR count). The molecule has 8 heteroatoms. The number of nitro groups is 1. The van der Waals surface area contributed by atoms with Crippen LogP contribution in [0.25, 0.3) is 11.4 Å². The summed E-state index contributed by atoms with van der Waals surface area (Å²) < 4.78 is 12.9. The molecule has 0 saturated heterocycles. The average molecular weight is 313 g/mol. The van der Waals surface area contributed by atoms with E-state index < -0.39 is 11.0 Å². The van der Waals surface area contributed by atoms with Crippen molar-refractivity contribution in [3.8, 4) is 11.4 Å². The lowest BCUT2D eigenvalue weighted by molar-refractivity contribution is -0.384. The third-order valence-corrected chi connectivity index (χ3v) is 3.36. The molecule has 116 valence electrons. The second kappa shape index (κ2) is 5.93. The van der Waals surface area contributed by atoms with Crippen LogP contribution in [-0.2, 0) is 0 Å². The van der Waals surface area contributed by atoms with Crippen molar-refractivity contribution in [2.24, 2.45) is 5.73 Å². The summed E-state index contributed by atoms with van der Waals surface area (Å²) in [6.45, 7) is 0. The molecule has 3 N–H and O–H groups in total. The van der Waals surface area contributed by atoms with Gasteiger partial charge in [-0.2, -0.15) is 5.10 Å². The maximum absolute atomic E-state index is 12.9. The number of H-pyrrole nitrogens is 1. The topological polar surface area (TPSA) is 111 Å². The number of hydrogen-bond donors (Lipinski definition) is 2. The van der Waals surface area contributed by atoms with Crippen molar-refractivity contribution in [3.05, 3.63) is 75.9 Å². The van der Waals surface area contributed by atoms with Gasteiger partial charge in [-0.15, -0.1) is 0 Å². The van der Waals surface area contributed by atoms with Crippen LogP contribution in [-0.4, -0.2) is 20.1 Å². The first kappa shape index (κ1) is 14.8. The van der Waals surface area contributed by atoms with Gasteiger partial charge in [0.15, 0.2) is 5.82 Å². The highest BCUT2D eigenvalue weighted by Crippen LogP contribution is 2.22. The number of aromatic nitrogens is 3. The molecule has 0 aliphatic rings. The standard InChI is InChI=1S/C15H12FN5O2/c16-11-5-1-9(2-6-11)13(17)15-18-14(19-20-15)10-3-7-12(8-4-10)21(22)23/h1-8,13H,17H2,(H,18,19,20). The maximum atomic E-state index is 12.9. The van der Waals surface area contributed by atoms with Crippen LogP contribution in [0.5, 0.6) is 0 Å². The first-order chi connectivity index (χ1) is 11.0. The number of hydrogen-bond acceptors (Lipinski definition) is 5. The highest BCUT2D eigenvalue weighted by Gasteiger charge is 2.15. The molecule has 0 spiro atoms. The smallest absolute Gasteiger partial charge is 0.269 e. The second-order valence-electron chi connectivity index (χ2n) is 4.88. The molecular formula is C15H12FN5O2. The van der Waals surface area contributed by atoms with Crippen molar-refractivity contribution < 1.29 is 9.31 Å². The molecule has 0 radical (unpaired) electrons. The third-order valence-electron chi connectivity index (χ3n) is 3.36. The Morgan fingerprint density at radius 1 is 1.13 bits per heavy atom. The highest BCUT2D eigenvalue weighted by atomic mass is 19.1. The Balaban J connectivity index is 1.84. The van der Waals surface area contributed by atoms with Gasteiger partial charge in [0.1, 0.15) is 11.6 Å². The zero-order chi connectivity index (χ0) is 16.4. The Labute approximate surface area is 130 Å². The fourth-order valence-corrected chi connectivity index (χ4v) is 2.10. The Morgan fingerprint density at radius 3 is 2.39 bits per heavy atom. The van der Waals surface area contributed by atoms with E-state index in [2.05, 4.69) is 15.2 Å². The Kier molecular flexibility index (Phi) is 3.82. The second-order valence-corrected chi connectivity index (χ2v) is 4.88. The molecule has 0 aliphatic carbocycles. The lowest BCUT2D eigenvalue weighted by Crippen LogP contribution is -2.13. The van der Waals surface area contributed by atoms with Gasteiger partial charge in [0.05, 0.1) is 11.0 Å². The van der Waals surface area contributed by atoms with Crippen LogP contribution in [0.15, 0.2) is 48.5 Å². The van der Waals surface area contributed by atoms with Gasteiger partial charge in [-0.3, -0.25) is 15.2 Å². The fourth-order valence-electron chi connectivity index (χ4n) is 2.10. The van der Waals surface area contributed by atoms with Crippen molar-refractivity contribution in [1.82, 2.24) is 15.2 Å². The van der Waals surface area contributed by atoms with Crippen molar-refractivity contribution in [3.63, 3.8) is 0 Å². The number of nitrogens with zero attached hydrogens (tertiary/aromatic N) is 3. The van der Waals surface area contributed by atoms with E-state index >= 15 is 0 Å². The molecule has 0 saturated carbocycles. The minimum absolute atomic E-state index is 0.00692. The van der Waals surface area contributed by atoms with Gasteiger partial charge in [-0.1, -0.05) is 12.1 Å². The van der Waals surface area contributed by atoms with E-state index in [1.807, 2.05) is 0 Å². The zero-order valence-electron chi connectivity index (χ0n) is 11.8. The SMILES string of the molecule is NC(c1ccc(F)cc1)c1nc(-c2ccc([N+](=O)[O-])cc2)n[nH]1. The summed E-state index contributed by atoms with van der Waals surface area (Å²) in [7, 11) is 0. The van der Waals surface area contributed by atoms with Gasteiger partial charge < -0.3 is 5.73 Å². The number of aromatic amines is 1. The summed E-state index contributed by atoms with van der Waals surface area (Å²) in [6.07, 6.45) is 0. The molecule has 1 aromatic heterocycles. The molecule has 2 aromatic carbocycles. The molecular weight excluding hydrogens is 301 g/mol. The van der Waals surface area contributed by atoms with Crippen molar-refractivity contribution in [2.45, 2.75) is 6.04 Å². The predicted molar refractivity (Wildman–Crippen MR) is 80.9 cm³/mol. The van der Waals surface area contributed by atoms with Crippen molar-refractivity contribution >= 4 is 5.69 Å². The van der Waals surface area contributed by atoms with E-state index in [9.17, 15) is 14.5 Å². The summed E-state index contributed by atoms with van der Waals surface area (Å²) in [6, 6.07) is 11.1. The highest BCUT2D eigenvalue weighted by molar-refractivity contribution is 5.57. The molecule has 0 aliphatic heterocycles. The Bertz CT molecular complexity index is 830. The van der Waals surface area contributed by atoms with Gasteiger partial charge in [0, 0.05) is 17.7 Å². The summed E-state index contributed by atoms with van der Waals surface area (Å²) in [5.74, 6) is 0.461. The van der Waals surface area contributed by atoms with Gasteiger partial charge in [0.25, 0.3) is 5.69 Å². The lowest BCUT2D eigenvalue weighted by Gasteiger charge is -2.07. The van der Waals surface area contributed by atoms with Crippen LogP contribution in [0.3, 0.4) is 0 Å². The number of halogens is 1. The van der Waals surface area contributed by atoms with Crippen LogP contribution in [0, 0.1) is 15.9 Å². The molecule has 0 fully saturated rings. The van der Waals surface area contributed by atoms with Gasteiger partial charge in [-0.05, 0) is 29.8 Å². The Hall–Kier alpha value is -3.13. The number of nitrogens with one attached hydrogen (secondary N) is 1. The van der Waals surface area contributed by atoms with Crippen LogP contribution < -0.4 is 5.73 Å². The molecule has 1 heterocycles. The minimum Gasteiger partial charge on any atom is -0.318 e. The van der Waals surface area contributed by atoms with Crippen LogP contribution in [0.4, 0.5) is 10.1 Å². The van der Waals surface area contributed by atoms with Crippen LogP contribution in [0.1, 0.15) is 17.4 Å². The predicted octanol–water partition coefficient (Wildman–Crippen LogP) is 2.57. The van der Waals surface area contributed by atoms with E-state index in [4.69, 9.17) is 5.73 Å². The minimum atomic E-state index is -0.574. The first-order valence-electron chi connectivity index (χ1n) is 6.73. The number of benzene rings is 2. The molecule has 0 amide bonds. The van der Waals surface area contributed by atoms with Gasteiger partial charge in [0.2, 0.25) is 0 Å². The molecule has 1 atom stereocenters. The number of non-ortho nitro benzene ring substituents is 1. The van der Waals surface area contributed by atoms with E-state index in [1.54, 1.807) is 24.3 Å². The summed E-state index contributed by atoms with van der Waals surface area (Å²) in [5, 5.41) is 17.5. The first-order valence-corrected chi connectivity index (χ1v) is 6.73. The van der Waals surface area contributed by atoms with Crippen molar-refractivity contribution in [2.75, 3.05) is 0 Å². The summed E-state index contributed by atoms with van der Waals surface area (Å²) in [5.41, 5.74) is 7.39. The molecule has 3 aromatic rings. The average Bonchev–Trinajstić information content (AvgIpc) is 3.05. The quantitative estimate of drug-likeness (QED) is 0.568. The summed E-state index contributed by atoms with van der Waals surface area (Å²) >= 11 is 0. The van der Waals surface area contributed by atoms with Gasteiger partial charge >= 0.3 is 0 Å².